The molecule has 86 valence electrons. The number of aliphatic carboxylic acids is 1. The number of phenols is 1. The molecule has 16 heavy (non-hydrogen) atoms. The Labute approximate surface area is 89.1 Å². The van der Waals surface area contributed by atoms with E-state index < -0.39 is 34.1 Å². The van der Waals surface area contributed by atoms with Gasteiger partial charge in [0.05, 0.1) is 10.8 Å². The van der Waals surface area contributed by atoms with Crippen LogP contribution in [0, 0.1) is 15.9 Å². The average Bonchev–Trinajstić information content (AvgIpc) is 2.16. The fourth-order valence-corrected chi connectivity index (χ4v) is 1.19. The number of carboxylic acids is 1. The molecule has 1 unspecified atom stereocenters. The summed E-state index contributed by atoms with van der Waals surface area (Å²) in [6.07, 6.45) is 0. The van der Waals surface area contributed by atoms with Crippen LogP contribution in [-0.4, -0.2) is 21.1 Å². The van der Waals surface area contributed by atoms with Crippen LogP contribution >= 0.6 is 0 Å². The van der Waals surface area contributed by atoms with Crippen LogP contribution in [-0.2, 0) is 4.79 Å². The van der Waals surface area contributed by atoms with Crippen LogP contribution in [0.5, 0.6) is 5.75 Å². The number of nitrogens with zero attached hydrogens (tertiary/aromatic N) is 1. The van der Waals surface area contributed by atoms with E-state index in [-0.39, 0.29) is 5.56 Å². The predicted octanol–water partition coefficient (Wildman–Crippen LogP) is 1.63. The molecule has 2 N–H and O–H groups in total. The number of aromatic hydroxyl groups is 1. The number of rotatable bonds is 3. The molecule has 0 aliphatic rings. The van der Waals surface area contributed by atoms with Crippen LogP contribution in [0.4, 0.5) is 10.1 Å². The lowest BCUT2D eigenvalue weighted by Crippen LogP contribution is -2.08. The number of halogens is 1. The molecule has 6 nitrogen and oxygen atoms in total. The highest BCUT2D eigenvalue weighted by molar-refractivity contribution is 5.77. The van der Waals surface area contributed by atoms with Crippen LogP contribution in [0.15, 0.2) is 12.1 Å². The largest absolute Gasteiger partial charge is 0.508 e. The maximum atomic E-state index is 13.0. The Morgan fingerprint density at radius 1 is 1.56 bits per heavy atom. The topological polar surface area (TPSA) is 101 Å². The number of carbonyl (C=O) groups is 1. The molecular formula is C9H8FNO5. The highest BCUT2D eigenvalue weighted by atomic mass is 19.1. The summed E-state index contributed by atoms with van der Waals surface area (Å²) in [5, 5.41) is 28.4. The fraction of sp³-hybridized carbons (Fsp3) is 0.222. The first-order chi connectivity index (χ1) is 7.34. The van der Waals surface area contributed by atoms with Crippen molar-refractivity contribution in [3.05, 3.63) is 33.6 Å². The quantitative estimate of drug-likeness (QED) is 0.605. The first-order valence-corrected chi connectivity index (χ1v) is 4.24. The predicted molar refractivity (Wildman–Crippen MR) is 50.8 cm³/mol. The van der Waals surface area contributed by atoms with Crippen LogP contribution < -0.4 is 0 Å². The van der Waals surface area contributed by atoms with Gasteiger partial charge in [-0.3, -0.25) is 14.9 Å². The van der Waals surface area contributed by atoms with Crippen molar-refractivity contribution >= 4 is 11.7 Å². The monoisotopic (exact) mass is 229 g/mol. The van der Waals surface area contributed by atoms with Crippen LogP contribution in [0.1, 0.15) is 18.4 Å². The molecule has 1 rings (SSSR count). The van der Waals surface area contributed by atoms with Crippen LogP contribution in [0.3, 0.4) is 0 Å². The van der Waals surface area contributed by atoms with Crippen LogP contribution in [0.25, 0.3) is 0 Å². The molecule has 1 aromatic rings. The highest BCUT2D eigenvalue weighted by Gasteiger charge is 2.24. The van der Waals surface area contributed by atoms with E-state index in [9.17, 15) is 24.4 Å². The van der Waals surface area contributed by atoms with Gasteiger partial charge < -0.3 is 10.2 Å². The minimum atomic E-state index is -1.27. The zero-order valence-corrected chi connectivity index (χ0v) is 8.18. The smallest absolute Gasteiger partial charge is 0.310 e. The van der Waals surface area contributed by atoms with E-state index in [1.807, 2.05) is 0 Å². The first kappa shape index (κ1) is 11.9. The van der Waals surface area contributed by atoms with Crippen molar-refractivity contribution in [2.45, 2.75) is 12.8 Å². The van der Waals surface area contributed by atoms with Crippen molar-refractivity contribution in [1.29, 1.82) is 0 Å². The molecule has 0 saturated carbocycles. The molecule has 0 fully saturated rings. The second kappa shape index (κ2) is 4.13. The molecule has 1 atom stereocenters. The van der Waals surface area contributed by atoms with Gasteiger partial charge in [0.25, 0.3) is 0 Å². The Balaban J connectivity index is 3.35. The maximum Gasteiger partial charge on any atom is 0.310 e. The van der Waals surface area contributed by atoms with Gasteiger partial charge in [-0.15, -0.1) is 0 Å². The van der Waals surface area contributed by atoms with E-state index >= 15 is 0 Å². The Morgan fingerprint density at radius 2 is 2.12 bits per heavy atom. The van der Waals surface area contributed by atoms with Gasteiger partial charge in [0.15, 0.2) is 0 Å². The molecule has 0 bridgehead atoms. The summed E-state index contributed by atoms with van der Waals surface area (Å²) < 4.78 is 13.0. The van der Waals surface area contributed by atoms with Gasteiger partial charge in [-0.05, 0) is 6.92 Å². The van der Waals surface area contributed by atoms with Gasteiger partial charge in [0, 0.05) is 17.7 Å². The van der Waals surface area contributed by atoms with Crippen molar-refractivity contribution in [3.8, 4) is 5.75 Å². The van der Waals surface area contributed by atoms with E-state index in [0.717, 1.165) is 6.07 Å². The number of carboxylic acid groups (broad SMARTS) is 1. The number of benzene rings is 1. The van der Waals surface area contributed by atoms with E-state index in [1.165, 1.54) is 6.92 Å². The molecule has 0 radical (unpaired) electrons. The van der Waals surface area contributed by atoms with Crippen molar-refractivity contribution in [3.63, 3.8) is 0 Å². The Hall–Kier alpha value is -2.18. The SMILES string of the molecule is CC(C(=O)O)c1cc([N+](=O)[O-])c(F)cc1O. The highest BCUT2D eigenvalue weighted by Crippen LogP contribution is 2.31. The third kappa shape index (κ3) is 2.08. The van der Waals surface area contributed by atoms with Gasteiger partial charge in [0.2, 0.25) is 5.82 Å². The minimum absolute atomic E-state index is 0.194. The van der Waals surface area contributed by atoms with Crippen molar-refractivity contribution in [2.75, 3.05) is 0 Å². The standard InChI is InChI=1S/C9H8FNO5/c1-4(9(13)14)5-2-7(11(15)16)6(10)3-8(5)12/h2-4,12H,1H3,(H,13,14). The second-order valence-electron chi connectivity index (χ2n) is 3.18. The molecule has 0 amide bonds. The maximum absolute atomic E-state index is 13.0. The molecule has 0 spiro atoms. The summed E-state index contributed by atoms with van der Waals surface area (Å²) >= 11 is 0. The molecule has 0 aliphatic carbocycles. The Morgan fingerprint density at radius 3 is 2.56 bits per heavy atom. The molecular weight excluding hydrogens is 221 g/mol. The lowest BCUT2D eigenvalue weighted by Gasteiger charge is -2.08. The number of phenolic OH excluding ortho intramolecular Hbond substituents is 1. The van der Waals surface area contributed by atoms with Gasteiger partial charge >= 0.3 is 11.7 Å². The lowest BCUT2D eigenvalue weighted by molar-refractivity contribution is -0.387. The van der Waals surface area contributed by atoms with Gasteiger partial charge in [-0.1, -0.05) is 0 Å². The lowest BCUT2D eigenvalue weighted by atomic mass is 9.99. The first-order valence-electron chi connectivity index (χ1n) is 4.24. The Bertz CT molecular complexity index is 459. The summed E-state index contributed by atoms with van der Waals surface area (Å²) in [5.74, 6) is -4.24. The van der Waals surface area contributed by atoms with Crippen molar-refractivity contribution in [2.24, 2.45) is 0 Å². The summed E-state index contributed by atoms with van der Waals surface area (Å²) in [6.45, 7) is 1.24. The number of hydrogen-bond acceptors (Lipinski definition) is 4. The third-order valence-electron chi connectivity index (χ3n) is 2.13. The van der Waals surface area contributed by atoms with Crippen molar-refractivity contribution in [1.82, 2.24) is 0 Å². The van der Waals surface area contributed by atoms with E-state index in [0.29, 0.717) is 6.07 Å². The number of nitro groups is 1. The molecule has 0 heterocycles. The fourth-order valence-electron chi connectivity index (χ4n) is 1.19. The summed E-state index contributed by atoms with van der Waals surface area (Å²) in [4.78, 5) is 20.1. The Kier molecular flexibility index (Phi) is 3.07. The molecule has 0 saturated heterocycles. The summed E-state index contributed by atoms with van der Waals surface area (Å²) in [6, 6.07) is 1.26. The summed E-state index contributed by atoms with van der Waals surface area (Å²) in [7, 11) is 0. The normalized spacial score (nSPS) is 12.1. The second-order valence-corrected chi connectivity index (χ2v) is 3.18. The van der Waals surface area contributed by atoms with Gasteiger partial charge in [0.1, 0.15) is 5.75 Å². The van der Waals surface area contributed by atoms with E-state index in [1.54, 1.807) is 0 Å². The minimum Gasteiger partial charge on any atom is -0.508 e. The van der Waals surface area contributed by atoms with E-state index in [4.69, 9.17) is 5.11 Å². The van der Waals surface area contributed by atoms with Gasteiger partial charge in [-0.2, -0.15) is 4.39 Å². The number of nitro benzene ring substituents is 1. The molecule has 0 aromatic heterocycles. The van der Waals surface area contributed by atoms with Gasteiger partial charge in [-0.25, -0.2) is 0 Å². The zero-order valence-electron chi connectivity index (χ0n) is 8.18. The molecule has 1 aromatic carbocycles. The zero-order chi connectivity index (χ0) is 12.5. The average molecular weight is 229 g/mol. The van der Waals surface area contributed by atoms with E-state index in [2.05, 4.69) is 0 Å². The summed E-state index contributed by atoms with van der Waals surface area (Å²) in [5.41, 5.74) is -1.05. The number of hydrogen-bond donors (Lipinski definition) is 2. The molecule has 0 aliphatic heterocycles. The van der Waals surface area contributed by atoms with Crippen molar-refractivity contribution < 1.29 is 24.3 Å². The third-order valence-corrected chi connectivity index (χ3v) is 2.13. The van der Waals surface area contributed by atoms with Crippen LogP contribution in [0.2, 0.25) is 0 Å². The molecule has 7 heteroatoms.